The second kappa shape index (κ2) is 7.23. The van der Waals surface area contributed by atoms with E-state index in [-0.39, 0.29) is 0 Å². The third-order valence-electron chi connectivity index (χ3n) is 3.49. The first-order valence-electron chi connectivity index (χ1n) is 7.42. The molecule has 126 valence electrons. The molecule has 0 aliphatic rings. The van der Waals surface area contributed by atoms with Crippen molar-refractivity contribution in [3.05, 3.63) is 71.0 Å². The Bertz CT molecular complexity index is 941. The van der Waals surface area contributed by atoms with Gasteiger partial charge in [0.15, 0.2) is 0 Å². The minimum absolute atomic E-state index is 0.295. The van der Waals surface area contributed by atoms with E-state index in [9.17, 15) is 9.59 Å². The van der Waals surface area contributed by atoms with E-state index >= 15 is 0 Å². The molecule has 6 heteroatoms. The maximum absolute atomic E-state index is 12.1. The molecule has 25 heavy (non-hydrogen) atoms. The lowest BCUT2D eigenvalue weighted by Crippen LogP contribution is -2.09. The molecule has 0 aliphatic carbocycles. The summed E-state index contributed by atoms with van der Waals surface area (Å²) in [6.45, 7) is 0. The Hall–Kier alpha value is -3.05. The summed E-state index contributed by atoms with van der Waals surface area (Å²) in [5.41, 5.74) is 1.36. The van der Waals surface area contributed by atoms with Gasteiger partial charge in [-0.2, -0.15) is 0 Å². The van der Waals surface area contributed by atoms with E-state index in [0.29, 0.717) is 22.0 Å². The lowest BCUT2D eigenvalue weighted by atomic mass is 10.2. The zero-order chi connectivity index (χ0) is 17.8. The average molecular weight is 356 g/mol. The van der Waals surface area contributed by atoms with Crippen molar-refractivity contribution < 1.29 is 18.7 Å². The fraction of sp³-hybridized carbons (Fsp3) is 0.0526. The molecule has 5 nitrogen and oxygen atoms in total. The highest BCUT2D eigenvalue weighted by Crippen LogP contribution is 2.24. The van der Waals surface area contributed by atoms with Gasteiger partial charge in [0.1, 0.15) is 11.3 Å². The molecule has 0 saturated carbocycles. The first-order chi connectivity index (χ1) is 12.1. The molecule has 1 aromatic heterocycles. The maximum Gasteiger partial charge on any atom is 0.337 e. The predicted octanol–water partition coefficient (Wildman–Crippen LogP) is 4.52. The quantitative estimate of drug-likeness (QED) is 0.551. The van der Waals surface area contributed by atoms with Gasteiger partial charge >= 0.3 is 5.97 Å². The van der Waals surface area contributed by atoms with Gasteiger partial charge < -0.3 is 14.5 Å². The van der Waals surface area contributed by atoms with Crippen LogP contribution in [-0.4, -0.2) is 19.0 Å². The minimum atomic E-state index is -0.509. The predicted molar refractivity (Wildman–Crippen MR) is 96.7 cm³/mol. The number of furan rings is 1. The van der Waals surface area contributed by atoms with Crippen LogP contribution in [0, 0.1) is 0 Å². The Kier molecular flexibility index (Phi) is 4.86. The number of hydrogen-bond donors (Lipinski definition) is 1. The van der Waals surface area contributed by atoms with Gasteiger partial charge in [0, 0.05) is 11.5 Å². The number of fused-ring (bicyclic) bond motifs is 1. The lowest BCUT2D eigenvalue weighted by molar-refractivity contribution is -0.111. The summed E-state index contributed by atoms with van der Waals surface area (Å²) in [5, 5.41) is 3.90. The van der Waals surface area contributed by atoms with Crippen LogP contribution in [-0.2, 0) is 9.53 Å². The Morgan fingerprint density at radius 2 is 1.96 bits per heavy atom. The lowest BCUT2D eigenvalue weighted by Gasteiger charge is -2.07. The highest BCUT2D eigenvalue weighted by atomic mass is 35.5. The summed E-state index contributed by atoms with van der Waals surface area (Å²) in [5.74, 6) is -0.347. The third-order valence-corrected chi connectivity index (χ3v) is 3.82. The molecule has 0 bridgehead atoms. The van der Waals surface area contributed by atoms with E-state index in [2.05, 4.69) is 10.1 Å². The van der Waals surface area contributed by atoms with Crippen molar-refractivity contribution in [2.75, 3.05) is 12.4 Å². The number of para-hydroxylation sites is 1. The second-order valence-corrected chi connectivity index (χ2v) is 5.60. The van der Waals surface area contributed by atoms with Gasteiger partial charge in [-0.25, -0.2) is 4.79 Å². The number of ether oxygens (including phenoxy) is 1. The van der Waals surface area contributed by atoms with E-state index < -0.39 is 11.9 Å². The Morgan fingerprint density at radius 1 is 1.16 bits per heavy atom. The molecule has 2 aromatic carbocycles. The molecule has 3 rings (SSSR count). The highest BCUT2D eigenvalue weighted by Gasteiger charge is 2.10. The zero-order valence-corrected chi connectivity index (χ0v) is 14.0. The summed E-state index contributed by atoms with van der Waals surface area (Å²) in [6.07, 6.45) is 2.90. The summed E-state index contributed by atoms with van der Waals surface area (Å²) in [7, 11) is 1.28. The average Bonchev–Trinajstić information content (AvgIpc) is 3.04. The molecule has 0 fully saturated rings. The molecule has 0 spiro atoms. The highest BCUT2D eigenvalue weighted by molar-refractivity contribution is 6.34. The Morgan fingerprint density at radius 3 is 2.72 bits per heavy atom. The van der Waals surface area contributed by atoms with Crippen LogP contribution in [0.15, 0.2) is 59.0 Å². The van der Waals surface area contributed by atoms with Gasteiger partial charge in [-0.3, -0.25) is 4.79 Å². The van der Waals surface area contributed by atoms with E-state index in [0.717, 1.165) is 11.0 Å². The van der Waals surface area contributed by atoms with Crippen molar-refractivity contribution in [3.63, 3.8) is 0 Å². The van der Waals surface area contributed by atoms with Crippen molar-refractivity contribution >= 4 is 46.2 Å². The van der Waals surface area contributed by atoms with Gasteiger partial charge in [-0.15, -0.1) is 0 Å². The van der Waals surface area contributed by atoms with Gasteiger partial charge in [-0.05, 0) is 36.4 Å². The molecule has 0 aliphatic heterocycles. The van der Waals surface area contributed by atoms with E-state index in [4.69, 9.17) is 16.0 Å². The number of halogens is 1. The number of benzene rings is 2. The van der Waals surface area contributed by atoms with E-state index in [1.807, 2.05) is 30.3 Å². The van der Waals surface area contributed by atoms with Crippen molar-refractivity contribution in [2.24, 2.45) is 0 Å². The number of carbonyl (C=O) groups excluding carboxylic acids is 2. The van der Waals surface area contributed by atoms with Gasteiger partial charge in [-0.1, -0.05) is 29.8 Å². The monoisotopic (exact) mass is 355 g/mol. The number of rotatable bonds is 4. The first kappa shape index (κ1) is 16.8. The van der Waals surface area contributed by atoms with Crippen molar-refractivity contribution in [1.82, 2.24) is 0 Å². The van der Waals surface area contributed by atoms with Crippen LogP contribution in [0.3, 0.4) is 0 Å². The van der Waals surface area contributed by atoms with Crippen LogP contribution in [0.25, 0.3) is 17.0 Å². The van der Waals surface area contributed by atoms with Crippen LogP contribution in [0.4, 0.5) is 5.69 Å². The van der Waals surface area contributed by atoms with Crippen molar-refractivity contribution in [3.8, 4) is 0 Å². The Balaban J connectivity index is 1.74. The fourth-order valence-corrected chi connectivity index (χ4v) is 2.45. The second-order valence-electron chi connectivity index (χ2n) is 5.20. The smallest absolute Gasteiger partial charge is 0.337 e. The molecule has 1 amide bonds. The number of esters is 1. The topological polar surface area (TPSA) is 68.5 Å². The molecule has 1 N–H and O–H groups in total. The minimum Gasteiger partial charge on any atom is -0.465 e. The molecular weight excluding hydrogens is 342 g/mol. The van der Waals surface area contributed by atoms with Crippen LogP contribution >= 0.6 is 11.6 Å². The number of methoxy groups -OCH3 is 1. The maximum atomic E-state index is 12.1. The summed E-state index contributed by atoms with van der Waals surface area (Å²) in [6, 6.07) is 13.9. The molecule has 0 atom stereocenters. The normalized spacial score (nSPS) is 11.0. The van der Waals surface area contributed by atoms with Gasteiger partial charge in [0.05, 0.1) is 23.4 Å². The van der Waals surface area contributed by atoms with Crippen molar-refractivity contribution in [2.45, 2.75) is 0 Å². The van der Waals surface area contributed by atoms with Gasteiger partial charge in [0.25, 0.3) is 0 Å². The van der Waals surface area contributed by atoms with Crippen LogP contribution < -0.4 is 5.32 Å². The van der Waals surface area contributed by atoms with E-state index in [1.54, 1.807) is 6.08 Å². The molecule has 1 heterocycles. The fourth-order valence-electron chi connectivity index (χ4n) is 2.28. The molecule has 0 saturated heterocycles. The number of nitrogens with one attached hydrogen (secondary N) is 1. The van der Waals surface area contributed by atoms with Crippen LogP contribution in [0.5, 0.6) is 0 Å². The molecule has 3 aromatic rings. The third kappa shape index (κ3) is 3.89. The Labute approximate surface area is 148 Å². The number of hydrogen-bond acceptors (Lipinski definition) is 4. The summed E-state index contributed by atoms with van der Waals surface area (Å²) in [4.78, 5) is 23.6. The summed E-state index contributed by atoms with van der Waals surface area (Å²) >= 11 is 6.05. The first-order valence-corrected chi connectivity index (χ1v) is 7.80. The zero-order valence-electron chi connectivity index (χ0n) is 13.3. The molecular formula is C19H14ClNO4. The number of amides is 1. The van der Waals surface area contributed by atoms with Crippen LogP contribution in [0.2, 0.25) is 5.02 Å². The standard InChI is InChI=1S/C19H14ClNO4/c1-24-19(23)13-6-8-15(20)16(11-13)21-18(22)9-7-14-10-12-4-2-3-5-17(12)25-14/h2-11H,1H3,(H,21,22)/b9-7+. The van der Waals surface area contributed by atoms with Gasteiger partial charge in [0.2, 0.25) is 5.91 Å². The number of anilines is 1. The summed E-state index contributed by atoms with van der Waals surface area (Å²) < 4.78 is 10.3. The SMILES string of the molecule is COC(=O)c1ccc(Cl)c(NC(=O)/C=C/c2cc3ccccc3o2)c1. The largest absolute Gasteiger partial charge is 0.465 e. The molecule has 0 radical (unpaired) electrons. The van der Waals surface area contributed by atoms with E-state index in [1.165, 1.54) is 31.4 Å². The number of carbonyl (C=O) groups is 2. The van der Waals surface area contributed by atoms with Crippen molar-refractivity contribution in [1.29, 1.82) is 0 Å². The molecule has 0 unspecified atom stereocenters. The van der Waals surface area contributed by atoms with Crippen LogP contribution in [0.1, 0.15) is 16.1 Å².